The van der Waals surface area contributed by atoms with Crippen LogP contribution in [0.15, 0.2) is 34.1 Å². The van der Waals surface area contributed by atoms with Crippen molar-refractivity contribution < 1.29 is 9.59 Å². The van der Waals surface area contributed by atoms with Crippen LogP contribution in [0.1, 0.15) is 19.4 Å². The second kappa shape index (κ2) is 6.48. The molecule has 1 fully saturated rings. The molecule has 1 aliphatic rings. The number of carbonyl (C=O) groups excluding carboxylic acids is 2. The zero-order valence-corrected chi connectivity index (χ0v) is 14.1. The summed E-state index contributed by atoms with van der Waals surface area (Å²) >= 11 is 0.837. The van der Waals surface area contributed by atoms with E-state index in [1.807, 2.05) is 6.92 Å². The van der Waals surface area contributed by atoms with Crippen molar-refractivity contribution in [3.63, 3.8) is 0 Å². The van der Waals surface area contributed by atoms with E-state index in [0.717, 1.165) is 16.7 Å². The molecule has 0 bridgehead atoms. The van der Waals surface area contributed by atoms with Crippen molar-refractivity contribution in [2.24, 2.45) is 0 Å². The average Bonchev–Trinajstić information content (AvgIpc) is 2.84. The van der Waals surface area contributed by atoms with Crippen LogP contribution in [0.3, 0.4) is 0 Å². The van der Waals surface area contributed by atoms with Gasteiger partial charge >= 0.3 is 0 Å². The number of likely N-dealkylation sites (N-methyl/N-ethyl adjacent to an activating group) is 1. The second-order valence-electron chi connectivity index (χ2n) is 5.06. The minimum atomic E-state index is -0.382. The molecule has 124 valence electrons. The first kappa shape index (κ1) is 16.3. The topological polar surface area (TPSA) is 83.8 Å². The molecule has 2 aromatic rings. The van der Waals surface area contributed by atoms with E-state index in [1.54, 1.807) is 31.3 Å². The van der Waals surface area contributed by atoms with Gasteiger partial charge in [-0.15, -0.1) is 0 Å². The molecule has 7 nitrogen and oxygen atoms in total. The number of fused-ring (bicyclic) bond motifs is 1. The Bertz CT molecular complexity index is 919. The standard InChI is InChI=1S/C16H16N4O3S/c1-3-17-13-10(9-11-15(22)19(4-2)16(23)24-11)14(21)20-8-6-5-7-12(20)18-13/h5-9,17H,3-4H2,1-2H3. The number of anilines is 1. The summed E-state index contributed by atoms with van der Waals surface area (Å²) < 4.78 is 1.41. The lowest BCUT2D eigenvalue weighted by Gasteiger charge is -2.10. The molecule has 0 spiro atoms. The lowest BCUT2D eigenvalue weighted by atomic mass is 10.2. The summed E-state index contributed by atoms with van der Waals surface area (Å²) in [5.74, 6) is 0.0181. The third-order valence-electron chi connectivity index (χ3n) is 3.58. The van der Waals surface area contributed by atoms with Gasteiger partial charge in [0.15, 0.2) is 0 Å². The molecule has 1 aliphatic heterocycles. The summed E-state index contributed by atoms with van der Waals surface area (Å²) in [5.41, 5.74) is 0.485. The van der Waals surface area contributed by atoms with Gasteiger partial charge in [0.25, 0.3) is 16.7 Å². The first-order valence-electron chi connectivity index (χ1n) is 7.57. The van der Waals surface area contributed by atoms with E-state index in [9.17, 15) is 14.4 Å². The van der Waals surface area contributed by atoms with Gasteiger partial charge in [0.1, 0.15) is 11.5 Å². The van der Waals surface area contributed by atoms with Crippen LogP contribution >= 0.6 is 11.8 Å². The summed E-state index contributed by atoms with van der Waals surface area (Å²) in [5, 5.41) is 2.72. The van der Waals surface area contributed by atoms with Gasteiger partial charge in [0.05, 0.1) is 10.5 Å². The van der Waals surface area contributed by atoms with Crippen LogP contribution in [0.5, 0.6) is 0 Å². The molecule has 24 heavy (non-hydrogen) atoms. The number of pyridine rings is 1. The van der Waals surface area contributed by atoms with Crippen molar-refractivity contribution in [3.05, 3.63) is 45.2 Å². The molecule has 0 saturated carbocycles. The van der Waals surface area contributed by atoms with E-state index in [1.165, 1.54) is 10.5 Å². The maximum atomic E-state index is 12.8. The Hall–Kier alpha value is -2.61. The first-order valence-corrected chi connectivity index (χ1v) is 8.39. The number of thioether (sulfide) groups is 1. The summed E-state index contributed by atoms with van der Waals surface area (Å²) in [6.45, 7) is 4.50. The number of hydrogen-bond acceptors (Lipinski definition) is 6. The number of rotatable bonds is 4. The maximum absolute atomic E-state index is 12.8. The smallest absolute Gasteiger partial charge is 0.293 e. The lowest BCUT2D eigenvalue weighted by Crippen LogP contribution is -2.27. The van der Waals surface area contributed by atoms with Crippen molar-refractivity contribution in [1.29, 1.82) is 0 Å². The Balaban J connectivity index is 2.18. The molecule has 3 rings (SSSR count). The van der Waals surface area contributed by atoms with E-state index in [4.69, 9.17) is 0 Å². The fourth-order valence-electron chi connectivity index (χ4n) is 2.44. The van der Waals surface area contributed by atoms with Gasteiger partial charge in [0.2, 0.25) is 0 Å². The molecule has 2 aromatic heterocycles. The van der Waals surface area contributed by atoms with Crippen LogP contribution in [0.4, 0.5) is 10.6 Å². The summed E-state index contributed by atoms with van der Waals surface area (Å²) in [4.78, 5) is 42.7. The van der Waals surface area contributed by atoms with E-state index < -0.39 is 0 Å². The molecule has 8 heteroatoms. The number of imide groups is 1. The Labute approximate surface area is 142 Å². The van der Waals surface area contributed by atoms with Crippen LogP contribution in [-0.2, 0) is 4.79 Å². The molecule has 0 radical (unpaired) electrons. The Kier molecular flexibility index (Phi) is 4.39. The SMILES string of the molecule is CCNc1nc2ccccn2c(=O)c1C=C1SC(=O)N(CC)C1=O. The van der Waals surface area contributed by atoms with Gasteiger partial charge in [-0.3, -0.25) is 23.7 Å². The molecule has 0 aromatic carbocycles. The highest BCUT2D eigenvalue weighted by Crippen LogP contribution is 2.32. The highest BCUT2D eigenvalue weighted by atomic mass is 32.2. The number of nitrogens with zero attached hydrogens (tertiary/aromatic N) is 3. The predicted molar refractivity (Wildman–Crippen MR) is 94.0 cm³/mol. The van der Waals surface area contributed by atoms with Crippen LogP contribution in [-0.4, -0.2) is 38.5 Å². The van der Waals surface area contributed by atoms with E-state index in [0.29, 0.717) is 24.6 Å². The Morgan fingerprint density at radius 3 is 2.71 bits per heavy atom. The van der Waals surface area contributed by atoms with Gasteiger partial charge in [-0.1, -0.05) is 6.07 Å². The van der Waals surface area contributed by atoms with Gasteiger partial charge in [-0.05, 0) is 43.8 Å². The fraction of sp³-hybridized carbons (Fsp3) is 0.250. The average molecular weight is 344 g/mol. The second-order valence-corrected chi connectivity index (χ2v) is 6.06. The molecule has 0 atom stereocenters. The molecule has 2 amide bonds. The molecule has 1 N–H and O–H groups in total. The van der Waals surface area contributed by atoms with Crippen LogP contribution in [0.2, 0.25) is 0 Å². The number of aromatic nitrogens is 2. The number of hydrogen-bond donors (Lipinski definition) is 1. The van der Waals surface area contributed by atoms with Crippen LogP contribution in [0.25, 0.3) is 11.7 Å². The molecule has 0 aliphatic carbocycles. The van der Waals surface area contributed by atoms with Crippen molar-refractivity contribution >= 4 is 40.4 Å². The third kappa shape index (κ3) is 2.69. The normalized spacial score (nSPS) is 16.4. The van der Waals surface area contributed by atoms with Crippen molar-refractivity contribution in [2.45, 2.75) is 13.8 Å². The van der Waals surface area contributed by atoms with Crippen molar-refractivity contribution in [1.82, 2.24) is 14.3 Å². The van der Waals surface area contributed by atoms with E-state index >= 15 is 0 Å². The zero-order valence-electron chi connectivity index (χ0n) is 13.3. The summed E-state index contributed by atoms with van der Waals surface area (Å²) in [6.07, 6.45) is 3.07. The highest BCUT2D eigenvalue weighted by molar-refractivity contribution is 8.18. The summed E-state index contributed by atoms with van der Waals surface area (Å²) in [7, 11) is 0. The van der Waals surface area contributed by atoms with Gasteiger partial charge < -0.3 is 5.32 Å². The Morgan fingerprint density at radius 2 is 2.04 bits per heavy atom. The molecule has 3 heterocycles. The van der Waals surface area contributed by atoms with E-state index in [2.05, 4.69) is 10.3 Å². The van der Waals surface area contributed by atoms with Gasteiger partial charge in [-0.25, -0.2) is 4.98 Å². The van der Waals surface area contributed by atoms with Crippen molar-refractivity contribution in [3.8, 4) is 0 Å². The van der Waals surface area contributed by atoms with Crippen LogP contribution in [0, 0.1) is 0 Å². The Morgan fingerprint density at radius 1 is 1.25 bits per heavy atom. The third-order valence-corrected chi connectivity index (χ3v) is 4.49. The van der Waals surface area contributed by atoms with E-state index in [-0.39, 0.29) is 27.2 Å². The zero-order chi connectivity index (χ0) is 17.3. The maximum Gasteiger partial charge on any atom is 0.293 e. The minimum Gasteiger partial charge on any atom is -0.370 e. The lowest BCUT2D eigenvalue weighted by molar-refractivity contribution is -0.122. The fourth-order valence-corrected chi connectivity index (χ4v) is 3.32. The predicted octanol–water partition coefficient (Wildman–Crippen LogP) is 2.18. The number of carbonyl (C=O) groups is 2. The quantitative estimate of drug-likeness (QED) is 0.856. The first-order chi connectivity index (χ1) is 11.6. The molecular formula is C16H16N4O3S. The highest BCUT2D eigenvalue weighted by Gasteiger charge is 2.34. The van der Waals surface area contributed by atoms with Crippen LogP contribution < -0.4 is 10.9 Å². The van der Waals surface area contributed by atoms with Gasteiger partial charge in [-0.2, -0.15) is 0 Å². The number of nitrogens with one attached hydrogen (secondary N) is 1. The minimum absolute atomic E-state index is 0.232. The monoisotopic (exact) mass is 344 g/mol. The molecule has 0 unspecified atom stereocenters. The summed E-state index contributed by atoms with van der Waals surface area (Å²) in [6, 6.07) is 5.26. The number of amides is 2. The molecular weight excluding hydrogens is 328 g/mol. The molecule has 1 saturated heterocycles. The van der Waals surface area contributed by atoms with Crippen molar-refractivity contribution in [2.75, 3.05) is 18.4 Å². The largest absolute Gasteiger partial charge is 0.370 e. The van der Waals surface area contributed by atoms with Gasteiger partial charge in [0, 0.05) is 19.3 Å².